The van der Waals surface area contributed by atoms with Crippen LogP contribution in [0.15, 0.2) is 53.8 Å². The van der Waals surface area contributed by atoms with Gasteiger partial charge in [-0.1, -0.05) is 17.3 Å². The molecule has 0 bridgehead atoms. The van der Waals surface area contributed by atoms with Crippen LogP contribution in [0.25, 0.3) is 22.1 Å². The zero-order chi connectivity index (χ0) is 18.8. The Kier molecular flexibility index (Phi) is 4.17. The highest BCUT2D eigenvalue weighted by molar-refractivity contribution is 5.98. The molecular formula is C18H16N8O. The first-order chi connectivity index (χ1) is 13.1. The van der Waals surface area contributed by atoms with E-state index in [4.69, 9.17) is 5.73 Å². The van der Waals surface area contributed by atoms with Crippen LogP contribution in [0.4, 0.5) is 4.79 Å². The number of amides is 2. The first-order valence-corrected chi connectivity index (χ1v) is 8.24. The molecular weight excluding hydrogens is 344 g/mol. The van der Waals surface area contributed by atoms with Crippen LogP contribution in [0.5, 0.6) is 0 Å². The number of hydrogen-bond donors (Lipinski definition) is 2. The second-order valence-corrected chi connectivity index (χ2v) is 5.99. The summed E-state index contributed by atoms with van der Waals surface area (Å²) in [6.45, 7) is 2.25. The van der Waals surface area contributed by atoms with E-state index in [2.05, 4.69) is 36.9 Å². The standard InChI is InChI=1S/C18H16N8O/c1-11(22-24-18(19)27)14-6-7-16-17(21-14)26(25-23-16)10-12-4-5-15-13(9-12)3-2-8-20-15/h2-9H,10H2,1H3,(H3,19,24,27)/b22-11-. The van der Waals surface area contributed by atoms with Gasteiger partial charge in [-0.05, 0) is 42.8 Å². The SMILES string of the molecule is C/C(=N/NC(N)=O)c1ccc2nnn(Cc3ccc4ncccc4c3)c2n1. The number of nitrogens with zero attached hydrogens (tertiary/aromatic N) is 6. The van der Waals surface area contributed by atoms with Crippen molar-refractivity contribution in [2.24, 2.45) is 10.8 Å². The third-order valence-electron chi connectivity index (χ3n) is 4.06. The molecule has 3 aromatic heterocycles. The summed E-state index contributed by atoms with van der Waals surface area (Å²) < 4.78 is 1.73. The molecule has 134 valence electrons. The highest BCUT2D eigenvalue weighted by Gasteiger charge is 2.10. The Balaban J connectivity index is 1.67. The molecule has 0 atom stereocenters. The zero-order valence-corrected chi connectivity index (χ0v) is 14.5. The van der Waals surface area contributed by atoms with Crippen LogP contribution in [-0.2, 0) is 6.54 Å². The first kappa shape index (κ1) is 16.6. The van der Waals surface area contributed by atoms with Crippen molar-refractivity contribution < 1.29 is 4.79 Å². The second kappa shape index (κ2) is 6.79. The van der Waals surface area contributed by atoms with Gasteiger partial charge in [0.1, 0.15) is 5.52 Å². The Morgan fingerprint density at radius 3 is 2.93 bits per heavy atom. The van der Waals surface area contributed by atoms with E-state index in [0.717, 1.165) is 16.5 Å². The number of carbonyl (C=O) groups is 1. The number of nitrogens with two attached hydrogens (primary N) is 1. The number of carbonyl (C=O) groups excluding carboxylic acids is 1. The van der Waals surface area contributed by atoms with E-state index >= 15 is 0 Å². The fourth-order valence-electron chi connectivity index (χ4n) is 2.75. The van der Waals surface area contributed by atoms with Crippen molar-refractivity contribution >= 4 is 33.8 Å². The van der Waals surface area contributed by atoms with Gasteiger partial charge in [0.15, 0.2) is 5.65 Å². The lowest BCUT2D eigenvalue weighted by Gasteiger charge is -2.05. The van der Waals surface area contributed by atoms with Crippen molar-refractivity contribution in [2.75, 3.05) is 0 Å². The Morgan fingerprint density at radius 2 is 2.07 bits per heavy atom. The van der Waals surface area contributed by atoms with Crippen LogP contribution in [0.1, 0.15) is 18.2 Å². The minimum absolute atomic E-state index is 0.521. The Morgan fingerprint density at radius 1 is 1.22 bits per heavy atom. The summed E-state index contributed by atoms with van der Waals surface area (Å²) in [6, 6.07) is 12.8. The molecule has 27 heavy (non-hydrogen) atoms. The number of fused-ring (bicyclic) bond motifs is 2. The molecule has 3 N–H and O–H groups in total. The van der Waals surface area contributed by atoms with Gasteiger partial charge in [0.25, 0.3) is 0 Å². The molecule has 0 fully saturated rings. The van der Waals surface area contributed by atoms with Gasteiger partial charge in [-0.3, -0.25) is 4.98 Å². The number of benzene rings is 1. The minimum atomic E-state index is -0.729. The summed E-state index contributed by atoms with van der Waals surface area (Å²) in [6.07, 6.45) is 1.77. The smallest absolute Gasteiger partial charge is 0.332 e. The van der Waals surface area contributed by atoms with Gasteiger partial charge < -0.3 is 5.73 Å². The van der Waals surface area contributed by atoms with E-state index < -0.39 is 6.03 Å². The Bertz CT molecular complexity index is 1180. The van der Waals surface area contributed by atoms with Gasteiger partial charge in [0, 0.05) is 11.6 Å². The van der Waals surface area contributed by atoms with Crippen molar-refractivity contribution in [3.05, 3.63) is 59.9 Å². The summed E-state index contributed by atoms with van der Waals surface area (Å²) in [4.78, 5) is 19.7. The van der Waals surface area contributed by atoms with Crippen molar-refractivity contribution in [3.8, 4) is 0 Å². The maximum absolute atomic E-state index is 10.8. The predicted molar refractivity (Wildman–Crippen MR) is 101 cm³/mol. The molecule has 0 aliphatic heterocycles. The second-order valence-electron chi connectivity index (χ2n) is 5.99. The van der Waals surface area contributed by atoms with Gasteiger partial charge in [-0.25, -0.2) is 19.9 Å². The summed E-state index contributed by atoms with van der Waals surface area (Å²) in [5.41, 5.74) is 11.7. The summed E-state index contributed by atoms with van der Waals surface area (Å²) in [5, 5.41) is 13.3. The fraction of sp³-hybridized carbons (Fsp3) is 0.111. The Hall–Kier alpha value is -3.88. The van der Waals surface area contributed by atoms with Gasteiger partial charge in [-0.2, -0.15) is 5.10 Å². The highest BCUT2D eigenvalue weighted by Crippen LogP contribution is 2.16. The lowest BCUT2D eigenvalue weighted by molar-refractivity contribution is 0.249. The average molecular weight is 360 g/mol. The highest BCUT2D eigenvalue weighted by atomic mass is 16.2. The average Bonchev–Trinajstić information content (AvgIpc) is 3.08. The summed E-state index contributed by atoms with van der Waals surface area (Å²) in [5.74, 6) is 0. The number of aromatic nitrogens is 5. The maximum Gasteiger partial charge on any atom is 0.332 e. The van der Waals surface area contributed by atoms with Crippen LogP contribution in [-0.4, -0.2) is 36.7 Å². The molecule has 0 aliphatic carbocycles. The number of pyridine rings is 2. The number of urea groups is 1. The van der Waals surface area contributed by atoms with E-state index in [1.54, 1.807) is 23.9 Å². The molecule has 4 aromatic rings. The quantitative estimate of drug-likeness (QED) is 0.424. The monoisotopic (exact) mass is 360 g/mol. The van der Waals surface area contributed by atoms with Crippen molar-refractivity contribution in [1.82, 2.24) is 30.4 Å². The molecule has 1 aromatic carbocycles. The molecule has 3 heterocycles. The molecule has 0 unspecified atom stereocenters. The lowest BCUT2D eigenvalue weighted by atomic mass is 10.1. The third kappa shape index (κ3) is 3.43. The molecule has 2 amide bonds. The maximum atomic E-state index is 10.8. The van der Waals surface area contributed by atoms with Crippen LogP contribution >= 0.6 is 0 Å². The third-order valence-corrected chi connectivity index (χ3v) is 4.06. The summed E-state index contributed by atoms with van der Waals surface area (Å²) >= 11 is 0. The normalized spacial score (nSPS) is 11.8. The van der Waals surface area contributed by atoms with Crippen LogP contribution in [0.2, 0.25) is 0 Å². The number of hydrazone groups is 1. The topological polar surface area (TPSA) is 124 Å². The van der Waals surface area contributed by atoms with Gasteiger partial charge in [-0.15, -0.1) is 5.10 Å². The largest absolute Gasteiger partial charge is 0.350 e. The number of rotatable bonds is 4. The van der Waals surface area contributed by atoms with Crippen LogP contribution in [0, 0.1) is 0 Å². The molecule has 0 aliphatic rings. The van der Waals surface area contributed by atoms with Gasteiger partial charge in [0.2, 0.25) is 0 Å². The fourth-order valence-corrected chi connectivity index (χ4v) is 2.75. The van der Waals surface area contributed by atoms with E-state index in [-0.39, 0.29) is 0 Å². The minimum Gasteiger partial charge on any atom is -0.350 e. The zero-order valence-electron chi connectivity index (χ0n) is 14.5. The van der Waals surface area contributed by atoms with E-state index in [9.17, 15) is 4.79 Å². The molecule has 4 rings (SSSR count). The predicted octanol–water partition coefficient (Wildman–Crippen LogP) is 1.82. The lowest BCUT2D eigenvalue weighted by Crippen LogP contribution is -2.25. The molecule has 0 radical (unpaired) electrons. The van der Waals surface area contributed by atoms with Crippen molar-refractivity contribution in [1.29, 1.82) is 0 Å². The van der Waals surface area contributed by atoms with Crippen molar-refractivity contribution in [2.45, 2.75) is 13.5 Å². The molecule has 0 saturated heterocycles. The summed E-state index contributed by atoms with van der Waals surface area (Å²) in [7, 11) is 0. The molecule has 9 nitrogen and oxygen atoms in total. The van der Waals surface area contributed by atoms with Crippen LogP contribution in [0.3, 0.4) is 0 Å². The number of nitrogens with one attached hydrogen (secondary N) is 1. The number of hydrogen-bond acceptors (Lipinski definition) is 6. The number of primary amides is 1. The molecule has 0 saturated carbocycles. The molecule has 9 heteroatoms. The van der Waals surface area contributed by atoms with E-state index in [0.29, 0.717) is 29.1 Å². The van der Waals surface area contributed by atoms with Crippen molar-refractivity contribution in [3.63, 3.8) is 0 Å². The van der Waals surface area contributed by atoms with Gasteiger partial charge >= 0.3 is 6.03 Å². The van der Waals surface area contributed by atoms with E-state index in [1.165, 1.54) is 0 Å². The Labute approximate surface area is 153 Å². The van der Waals surface area contributed by atoms with Crippen LogP contribution < -0.4 is 11.2 Å². The van der Waals surface area contributed by atoms with Gasteiger partial charge in [0.05, 0.1) is 23.5 Å². The first-order valence-electron chi connectivity index (χ1n) is 8.24. The molecule has 0 spiro atoms. The van der Waals surface area contributed by atoms with E-state index in [1.807, 2.05) is 30.3 Å².